The number of carbonyl (C=O) groups excluding carboxylic acids is 2. The van der Waals surface area contributed by atoms with E-state index in [0.29, 0.717) is 18.7 Å². The van der Waals surface area contributed by atoms with Gasteiger partial charge in [-0.1, -0.05) is 206 Å². The van der Waals surface area contributed by atoms with Crippen molar-refractivity contribution in [2.75, 3.05) is 24.6 Å². The summed E-state index contributed by atoms with van der Waals surface area (Å²) in [5, 5.41) is 0. The van der Waals surface area contributed by atoms with E-state index < -0.39 is 0 Å². The molecule has 0 fully saturated rings. The minimum Gasteiger partial charge on any atom is -0.370 e. The van der Waals surface area contributed by atoms with Crippen LogP contribution >= 0.6 is 11.8 Å². The van der Waals surface area contributed by atoms with Crippen LogP contribution in [0.2, 0.25) is 0 Å². The highest BCUT2D eigenvalue weighted by molar-refractivity contribution is 7.99. The molecule has 0 atom stereocenters. The molecule has 0 rings (SSSR count). The Hall–Kier alpha value is -0.710. The number of hydrogen-bond acceptors (Lipinski definition) is 3. The lowest BCUT2D eigenvalue weighted by Gasteiger charge is -2.23. The minimum atomic E-state index is -0.252. The minimum absolute atomic E-state index is 0.252. The monoisotopic (exact) mass is 681 g/mol. The lowest BCUT2D eigenvalue weighted by Crippen LogP contribution is -2.33. The molecule has 0 aromatic rings. The summed E-state index contributed by atoms with van der Waals surface area (Å²) < 4.78 is 0. The fourth-order valence-electron chi connectivity index (χ4n) is 6.66. The first-order valence-corrected chi connectivity index (χ1v) is 22.4. The van der Waals surface area contributed by atoms with E-state index in [1.165, 1.54) is 193 Å². The summed E-state index contributed by atoms with van der Waals surface area (Å²) in [6.45, 7) is 6.42. The molecule has 2 amide bonds. The van der Waals surface area contributed by atoms with E-state index in [2.05, 4.69) is 18.7 Å². The number of thioether (sulfide) groups is 1. The summed E-state index contributed by atoms with van der Waals surface area (Å²) in [5.74, 6) is 1.57. The van der Waals surface area contributed by atoms with Gasteiger partial charge in [-0.05, 0) is 12.8 Å². The third-order valence-electron chi connectivity index (χ3n) is 9.87. The smallest absolute Gasteiger partial charge is 0.223 e. The van der Waals surface area contributed by atoms with Crippen LogP contribution in [0.25, 0.3) is 0 Å². The molecule has 0 aromatic heterocycles. The molecule has 0 unspecified atom stereocenters. The van der Waals surface area contributed by atoms with Crippen LogP contribution in [0.1, 0.15) is 232 Å². The van der Waals surface area contributed by atoms with Crippen LogP contribution in [-0.4, -0.2) is 41.3 Å². The van der Waals surface area contributed by atoms with E-state index in [1.807, 2.05) is 0 Å². The molecule has 0 radical (unpaired) electrons. The standard InChI is InChI=1S/C42H84N2O2S/c1-3-5-7-9-11-13-15-17-19-21-23-25-27-29-31-33-37-44(42(46)36-40-47-39-35-41(43)45)38-34-32-30-28-26-24-22-20-18-16-14-12-10-8-6-4-2/h3-40H2,1-2H3,(H2,43,45). The quantitative estimate of drug-likeness (QED) is 0.0655. The van der Waals surface area contributed by atoms with Crippen molar-refractivity contribution in [2.24, 2.45) is 5.73 Å². The molecule has 0 heterocycles. The highest BCUT2D eigenvalue weighted by Crippen LogP contribution is 2.16. The number of hydrogen-bond donors (Lipinski definition) is 1. The molecule has 0 spiro atoms. The predicted octanol–water partition coefficient (Wildman–Crippen LogP) is 13.3. The van der Waals surface area contributed by atoms with Crippen molar-refractivity contribution in [2.45, 2.75) is 232 Å². The molecule has 0 aliphatic heterocycles. The van der Waals surface area contributed by atoms with E-state index in [1.54, 1.807) is 11.8 Å². The van der Waals surface area contributed by atoms with Crippen LogP contribution in [0.5, 0.6) is 0 Å². The van der Waals surface area contributed by atoms with E-state index >= 15 is 0 Å². The third-order valence-corrected chi connectivity index (χ3v) is 10.9. The van der Waals surface area contributed by atoms with Crippen LogP contribution in [0.4, 0.5) is 0 Å². The Morgan fingerprint density at radius 2 is 0.660 bits per heavy atom. The van der Waals surface area contributed by atoms with Crippen molar-refractivity contribution >= 4 is 23.6 Å². The fourth-order valence-corrected chi connectivity index (χ4v) is 7.52. The second-order valence-electron chi connectivity index (χ2n) is 14.6. The number of rotatable bonds is 40. The lowest BCUT2D eigenvalue weighted by molar-refractivity contribution is -0.131. The van der Waals surface area contributed by atoms with Gasteiger partial charge in [0.25, 0.3) is 0 Å². The van der Waals surface area contributed by atoms with Gasteiger partial charge in [0.05, 0.1) is 0 Å². The molecule has 0 aliphatic rings. The molecule has 4 nitrogen and oxygen atoms in total. The predicted molar refractivity (Wildman–Crippen MR) is 211 cm³/mol. The summed E-state index contributed by atoms with van der Waals surface area (Å²) >= 11 is 1.68. The molecule has 0 aromatic carbocycles. The molecule has 0 saturated carbocycles. The van der Waals surface area contributed by atoms with E-state index in [4.69, 9.17) is 5.73 Å². The van der Waals surface area contributed by atoms with Gasteiger partial charge in [-0.3, -0.25) is 9.59 Å². The van der Waals surface area contributed by atoms with Crippen molar-refractivity contribution in [3.8, 4) is 0 Å². The SMILES string of the molecule is CCCCCCCCCCCCCCCCCCN(CCCCCCCCCCCCCCCCCC)C(=O)CCSCCC(N)=O. The fraction of sp³-hybridized carbons (Fsp3) is 0.952. The van der Waals surface area contributed by atoms with Gasteiger partial charge in [0.2, 0.25) is 11.8 Å². The highest BCUT2D eigenvalue weighted by atomic mass is 32.2. The summed E-state index contributed by atoms with van der Waals surface area (Å²) in [6, 6.07) is 0. The third kappa shape index (κ3) is 38.0. The summed E-state index contributed by atoms with van der Waals surface area (Å²) in [5.41, 5.74) is 5.26. The Bertz CT molecular complexity index is 608. The maximum atomic E-state index is 13.0. The normalized spacial score (nSPS) is 11.4. The summed E-state index contributed by atoms with van der Waals surface area (Å²) in [4.78, 5) is 26.2. The molecule has 5 heteroatoms. The van der Waals surface area contributed by atoms with Gasteiger partial charge in [0.15, 0.2) is 0 Å². The van der Waals surface area contributed by atoms with Gasteiger partial charge in [-0.2, -0.15) is 11.8 Å². The second kappa shape index (κ2) is 39.7. The Balaban J connectivity index is 3.92. The van der Waals surface area contributed by atoms with Gasteiger partial charge < -0.3 is 10.6 Å². The second-order valence-corrected chi connectivity index (χ2v) is 15.8. The van der Waals surface area contributed by atoms with Gasteiger partial charge in [-0.15, -0.1) is 0 Å². The van der Waals surface area contributed by atoms with Crippen LogP contribution in [-0.2, 0) is 9.59 Å². The number of carbonyl (C=O) groups is 2. The Morgan fingerprint density at radius 3 is 0.936 bits per heavy atom. The van der Waals surface area contributed by atoms with Crippen LogP contribution in [0.15, 0.2) is 0 Å². The average molecular weight is 681 g/mol. The maximum absolute atomic E-state index is 13.0. The first-order chi connectivity index (χ1) is 23.1. The first kappa shape index (κ1) is 46.3. The lowest BCUT2D eigenvalue weighted by atomic mass is 10.0. The van der Waals surface area contributed by atoms with Crippen LogP contribution in [0, 0.1) is 0 Å². The van der Waals surface area contributed by atoms with Gasteiger partial charge in [0, 0.05) is 37.4 Å². The number of unbranched alkanes of at least 4 members (excludes halogenated alkanes) is 30. The summed E-state index contributed by atoms with van der Waals surface area (Å²) in [6.07, 6.45) is 45.0. The van der Waals surface area contributed by atoms with Crippen molar-refractivity contribution < 1.29 is 9.59 Å². The maximum Gasteiger partial charge on any atom is 0.223 e. The summed E-state index contributed by atoms with van der Waals surface area (Å²) in [7, 11) is 0. The Labute approximate surface area is 299 Å². The van der Waals surface area contributed by atoms with Crippen molar-refractivity contribution in [3.05, 3.63) is 0 Å². The van der Waals surface area contributed by atoms with Crippen LogP contribution in [0.3, 0.4) is 0 Å². The molecule has 0 bridgehead atoms. The van der Waals surface area contributed by atoms with Crippen molar-refractivity contribution in [3.63, 3.8) is 0 Å². The zero-order chi connectivity index (χ0) is 34.3. The van der Waals surface area contributed by atoms with Crippen molar-refractivity contribution in [1.29, 1.82) is 0 Å². The molecule has 0 saturated heterocycles. The molecular weight excluding hydrogens is 597 g/mol. The van der Waals surface area contributed by atoms with Crippen molar-refractivity contribution in [1.82, 2.24) is 4.90 Å². The number of amides is 2. The number of nitrogens with zero attached hydrogens (tertiary/aromatic N) is 1. The van der Waals surface area contributed by atoms with E-state index in [0.717, 1.165) is 37.4 Å². The number of nitrogens with two attached hydrogens (primary N) is 1. The number of primary amides is 1. The highest BCUT2D eigenvalue weighted by Gasteiger charge is 2.13. The average Bonchev–Trinajstić information content (AvgIpc) is 3.06. The van der Waals surface area contributed by atoms with Gasteiger partial charge in [-0.25, -0.2) is 0 Å². The zero-order valence-electron chi connectivity index (χ0n) is 32.1. The largest absolute Gasteiger partial charge is 0.370 e. The Kier molecular flexibility index (Phi) is 39.1. The topological polar surface area (TPSA) is 63.4 Å². The molecule has 280 valence electrons. The Morgan fingerprint density at radius 1 is 0.404 bits per heavy atom. The van der Waals surface area contributed by atoms with E-state index in [9.17, 15) is 9.59 Å². The first-order valence-electron chi connectivity index (χ1n) is 21.3. The molecule has 2 N–H and O–H groups in total. The zero-order valence-corrected chi connectivity index (χ0v) is 32.9. The van der Waals surface area contributed by atoms with Crippen LogP contribution < -0.4 is 5.73 Å². The molecule has 0 aliphatic carbocycles. The van der Waals surface area contributed by atoms with Gasteiger partial charge in [0.1, 0.15) is 0 Å². The molecule has 47 heavy (non-hydrogen) atoms. The molecular formula is C42H84N2O2S. The van der Waals surface area contributed by atoms with Gasteiger partial charge >= 0.3 is 0 Å². The van der Waals surface area contributed by atoms with E-state index in [-0.39, 0.29) is 5.91 Å².